The number of anilines is 2. The van der Waals surface area contributed by atoms with E-state index in [-0.39, 0.29) is 10.8 Å². The number of sulfonamides is 1. The summed E-state index contributed by atoms with van der Waals surface area (Å²) >= 11 is 5.06. The van der Waals surface area contributed by atoms with E-state index in [2.05, 4.69) is 25.3 Å². The fraction of sp³-hybridized carbons (Fsp3) is 0.154. The van der Waals surface area contributed by atoms with Gasteiger partial charge in [-0.25, -0.2) is 23.1 Å². The van der Waals surface area contributed by atoms with Crippen molar-refractivity contribution >= 4 is 39.0 Å². The summed E-state index contributed by atoms with van der Waals surface area (Å²) in [6, 6.07) is 7.81. The fourth-order valence-electron chi connectivity index (χ4n) is 1.58. The molecular weight excluding hydrogens is 322 g/mol. The lowest BCUT2D eigenvalue weighted by Gasteiger charge is -2.10. The van der Waals surface area contributed by atoms with Crippen LogP contribution in [-0.2, 0) is 10.0 Å². The Hall–Kier alpha value is -2.26. The van der Waals surface area contributed by atoms with Gasteiger partial charge >= 0.3 is 0 Å². The van der Waals surface area contributed by atoms with Gasteiger partial charge in [-0.15, -0.1) is 0 Å². The molecule has 1 heterocycles. The van der Waals surface area contributed by atoms with Crippen molar-refractivity contribution in [2.24, 2.45) is 0 Å². The van der Waals surface area contributed by atoms with Crippen LogP contribution in [0.5, 0.6) is 0 Å². The number of thiocarbonyl (C=S) groups is 1. The van der Waals surface area contributed by atoms with Gasteiger partial charge in [-0.05, 0) is 49.5 Å². The number of rotatable bonds is 5. The van der Waals surface area contributed by atoms with Crippen LogP contribution in [-0.4, -0.2) is 30.0 Å². The predicted octanol–water partition coefficient (Wildman–Crippen LogP) is 1.58. The maximum Gasteiger partial charge on any atom is 0.264 e. The summed E-state index contributed by atoms with van der Waals surface area (Å²) in [6.07, 6.45) is 2.92. The van der Waals surface area contributed by atoms with Crippen LogP contribution < -0.4 is 15.4 Å². The third-order valence-corrected chi connectivity index (χ3v) is 4.14. The minimum atomic E-state index is -3.72. The molecule has 3 N–H and O–H groups in total. The number of benzene rings is 1. The Bertz CT molecular complexity index is 733. The van der Waals surface area contributed by atoms with Crippen LogP contribution in [0.25, 0.3) is 0 Å². The molecule has 2 aromatic rings. The standard InChI is InChI=1S/C13H15N5O2S2/c1-2-14-13(21)17-10-4-6-11(7-5-10)22(19,20)18-12-15-8-3-9-16-12/h3-9H,2H2,1H3,(H2,14,17,21)(H,15,16,18). The molecule has 1 aromatic carbocycles. The lowest BCUT2D eigenvalue weighted by molar-refractivity contribution is 0.601. The van der Waals surface area contributed by atoms with Gasteiger partial charge in [0.15, 0.2) is 5.11 Å². The zero-order valence-electron chi connectivity index (χ0n) is 11.8. The van der Waals surface area contributed by atoms with Crippen molar-refractivity contribution in [1.82, 2.24) is 15.3 Å². The number of aromatic nitrogens is 2. The molecule has 2 rings (SSSR count). The first-order valence-electron chi connectivity index (χ1n) is 6.46. The summed E-state index contributed by atoms with van der Waals surface area (Å²) in [5.74, 6) is 0.0259. The molecule has 0 radical (unpaired) electrons. The summed E-state index contributed by atoms with van der Waals surface area (Å²) < 4.78 is 26.7. The van der Waals surface area contributed by atoms with Crippen LogP contribution in [0.3, 0.4) is 0 Å². The second-order valence-electron chi connectivity index (χ2n) is 4.19. The van der Waals surface area contributed by atoms with Crippen molar-refractivity contribution < 1.29 is 8.42 Å². The Morgan fingerprint density at radius 1 is 1.18 bits per heavy atom. The Morgan fingerprint density at radius 3 is 2.41 bits per heavy atom. The second-order valence-corrected chi connectivity index (χ2v) is 6.28. The van der Waals surface area contributed by atoms with Crippen molar-refractivity contribution in [3.63, 3.8) is 0 Å². The van der Waals surface area contributed by atoms with Crippen LogP contribution in [0, 0.1) is 0 Å². The van der Waals surface area contributed by atoms with Crippen LogP contribution in [0.2, 0.25) is 0 Å². The first kappa shape index (κ1) is 16.1. The van der Waals surface area contributed by atoms with Gasteiger partial charge in [0.05, 0.1) is 4.90 Å². The molecule has 0 amide bonds. The van der Waals surface area contributed by atoms with Crippen molar-refractivity contribution in [3.8, 4) is 0 Å². The number of nitrogens with zero attached hydrogens (tertiary/aromatic N) is 2. The molecule has 0 aliphatic heterocycles. The van der Waals surface area contributed by atoms with Crippen LogP contribution in [0.15, 0.2) is 47.6 Å². The smallest absolute Gasteiger partial charge is 0.264 e. The van der Waals surface area contributed by atoms with E-state index in [1.807, 2.05) is 6.92 Å². The van der Waals surface area contributed by atoms with Crippen molar-refractivity contribution in [1.29, 1.82) is 0 Å². The number of hydrogen-bond donors (Lipinski definition) is 3. The molecule has 0 fully saturated rings. The van der Waals surface area contributed by atoms with Gasteiger partial charge in [0.25, 0.3) is 10.0 Å². The number of hydrogen-bond acceptors (Lipinski definition) is 5. The minimum Gasteiger partial charge on any atom is -0.363 e. The van der Waals surface area contributed by atoms with E-state index >= 15 is 0 Å². The maximum atomic E-state index is 12.2. The lowest BCUT2D eigenvalue weighted by Crippen LogP contribution is -2.27. The summed E-state index contributed by atoms with van der Waals surface area (Å²) in [5, 5.41) is 6.38. The summed E-state index contributed by atoms with van der Waals surface area (Å²) in [5.41, 5.74) is 0.695. The Morgan fingerprint density at radius 2 is 1.82 bits per heavy atom. The minimum absolute atomic E-state index is 0.0259. The highest BCUT2D eigenvalue weighted by Gasteiger charge is 2.15. The molecule has 0 aliphatic carbocycles. The maximum absolute atomic E-state index is 12.2. The molecule has 0 bridgehead atoms. The molecule has 0 atom stereocenters. The van der Waals surface area contributed by atoms with E-state index in [0.717, 1.165) is 0 Å². The van der Waals surface area contributed by atoms with Crippen molar-refractivity contribution in [2.75, 3.05) is 16.6 Å². The normalized spacial score (nSPS) is 10.8. The molecule has 0 spiro atoms. The highest BCUT2D eigenvalue weighted by atomic mass is 32.2. The van der Waals surface area contributed by atoms with E-state index in [0.29, 0.717) is 17.3 Å². The molecule has 0 aliphatic rings. The number of nitrogens with one attached hydrogen (secondary N) is 3. The average Bonchev–Trinajstić information content (AvgIpc) is 2.48. The molecule has 1 aromatic heterocycles. The topological polar surface area (TPSA) is 96.0 Å². The molecule has 0 unspecified atom stereocenters. The molecule has 0 saturated carbocycles. The molecule has 9 heteroatoms. The predicted molar refractivity (Wildman–Crippen MR) is 89.2 cm³/mol. The Kier molecular flexibility index (Phi) is 5.23. The third-order valence-electron chi connectivity index (χ3n) is 2.55. The Balaban J connectivity index is 2.10. The highest BCUT2D eigenvalue weighted by Crippen LogP contribution is 2.16. The largest absolute Gasteiger partial charge is 0.363 e. The van der Waals surface area contributed by atoms with E-state index in [4.69, 9.17) is 12.2 Å². The second kappa shape index (κ2) is 7.14. The summed E-state index contributed by atoms with van der Waals surface area (Å²) in [7, 11) is -3.72. The van der Waals surface area contributed by atoms with Crippen molar-refractivity contribution in [2.45, 2.75) is 11.8 Å². The SMILES string of the molecule is CCNC(=S)Nc1ccc(S(=O)(=O)Nc2ncccn2)cc1. The highest BCUT2D eigenvalue weighted by molar-refractivity contribution is 7.92. The Labute approximate surface area is 134 Å². The fourth-order valence-corrected chi connectivity index (χ4v) is 2.80. The van der Waals surface area contributed by atoms with Crippen molar-refractivity contribution in [3.05, 3.63) is 42.7 Å². The first-order valence-corrected chi connectivity index (χ1v) is 8.35. The van der Waals surface area contributed by atoms with Crippen LogP contribution in [0.1, 0.15) is 6.92 Å². The summed E-state index contributed by atoms with van der Waals surface area (Å²) in [6.45, 7) is 2.64. The summed E-state index contributed by atoms with van der Waals surface area (Å²) in [4.78, 5) is 7.77. The molecular formula is C13H15N5O2S2. The first-order chi connectivity index (χ1) is 10.5. The van der Waals surface area contributed by atoms with E-state index in [1.165, 1.54) is 24.5 Å². The molecule has 116 valence electrons. The zero-order valence-corrected chi connectivity index (χ0v) is 13.4. The molecule has 0 saturated heterocycles. The van der Waals surface area contributed by atoms with Gasteiger partial charge in [-0.1, -0.05) is 0 Å². The van der Waals surface area contributed by atoms with Gasteiger partial charge in [-0.3, -0.25) is 0 Å². The molecule has 7 nitrogen and oxygen atoms in total. The average molecular weight is 337 g/mol. The van der Waals surface area contributed by atoms with Crippen LogP contribution in [0.4, 0.5) is 11.6 Å². The quantitative estimate of drug-likeness (QED) is 0.713. The monoisotopic (exact) mass is 337 g/mol. The van der Waals surface area contributed by atoms with E-state index in [1.54, 1.807) is 18.2 Å². The lowest BCUT2D eigenvalue weighted by atomic mass is 10.3. The van der Waals surface area contributed by atoms with Gasteiger partial charge < -0.3 is 10.6 Å². The van der Waals surface area contributed by atoms with Gasteiger partial charge in [-0.2, -0.15) is 0 Å². The van der Waals surface area contributed by atoms with Gasteiger partial charge in [0, 0.05) is 24.6 Å². The molecule has 22 heavy (non-hydrogen) atoms. The van der Waals surface area contributed by atoms with E-state index < -0.39 is 10.0 Å². The van der Waals surface area contributed by atoms with Gasteiger partial charge in [0.1, 0.15) is 0 Å². The van der Waals surface area contributed by atoms with E-state index in [9.17, 15) is 8.42 Å². The zero-order chi connectivity index (χ0) is 16.0. The third kappa shape index (κ3) is 4.37. The van der Waals surface area contributed by atoms with Gasteiger partial charge in [0.2, 0.25) is 5.95 Å². The van der Waals surface area contributed by atoms with Crippen LogP contribution >= 0.6 is 12.2 Å².